The fraction of sp³-hybridized carbons (Fsp3) is 0.500. The van der Waals surface area contributed by atoms with Crippen LogP contribution in [0.5, 0.6) is 0 Å². The number of likely N-dealkylation sites (N-methyl/N-ethyl adjacent to an activating group) is 1. The molecule has 1 aliphatic carbocycles. The van der Waals surface area contributed by atoms with Crippen LogP contribution in [0, 0.1) is 0 Å². The Morgan fingerprint density at radius 2 is 2.26 bits per heavy atom. The number of nitrogens with zero attached hydrogens (tertiary/aromatic N) is 1. The van der Waals surface area contributed by atoms with Crippen LogP contribution in [0.4, 0.5) is 5.69 Å². The standard InChI is InChI=1S/C14H20ClN3S/c1-2-18(10-6-7-10)9-8-17-12-5-3-4-11(15)13(12)14(16)19/h3-5,10,17H,2,6-9H2,1H3,(H2,16,19). The van der Waals surface area contributed by atoms with E-state index in [4.69, 9.17) is 29.6 Å². The third kappa shape index (κ3) is 3.81. The average Bonchev–Trinajstić information content (AvgIpc) is 3.18. The molecule has 5 heteroatoms. The molecular weight excluding hydrogens is 278 g/mol. The van der Waals surface area contributed by atoms with Gasteiger partial charge in [0, 0.05) is 24.8 Å². The zero-order chi connectivity index (χ0) is 13.8. The van der Waals surface area contributed by atoms with Gasteiger partial charge in [0.05, 0.1) is 10.6 Å². The largest absolute Gasteiger partial charge is 0.389 e. The zero-order valence-electron chi connectivity index (χ0n) is 11.2. The van der Waals surface area contributed by atoms with Crippen LogP contribution < -0.4 is 11.1 Å². The van der Waals surface area contributed by atoms with Gasteiger partial charge in [-0.2, -0.15) is 0 Å². The quantitative estimate of drug-likeness (QED) is 0.760. The number of thiocarbonyl (C=S) groups is 1. The van der Waals surface area contributed by atoms with Crippen molar-refractivity contribution in [3.8, 4) is 0 Å². The SMILES string of the molecule is CCN(CCNc1cccc(Cl)c1C(N)=S)C1CC1. The van der Waals surface area contributed by atoms with Gasteiger partial charge < -0.3 is 11.1 Å². The highest BCUT2D eigenvalue weighted by Gasteiger charge is 2.27. The molecule has 0 aromatic heterocycles. The van der Waals surface area contributed by atoms with Gasteiger partial charge in [-0.3, -0.25) is 4.90 Å². The normalized spacial score (nSPS) is 14.7. The molecule has 0 radical (unpaired) electrons. The second-order valence-corrected chi connectivity index (χ2v) is 5.66. The van der Waals surface area contributed by atoms with Crippen LogP contribution in [0.15, 0.2) is 18.2 Å². The van der Waals surface area contributed by atoms with E-state index in [0.29, 0.717) is 10.0 Å². The Morgan fingerprint density at radius 3 is 2.84 bits per heavy atom. The van der Waals surface area contributed by atoms with Crippen molar-refractivity contribution in [3.63, 3.8) is 0 Å². The van der Waals surface area contributed by atoms with Crippen LogP contribution in [-0.2, 0) is 0 Å². The summed E-state index contributed by atoms with van der Waals surface area (Å²) in [7, 11) is 0. The number of nitrogens with two attached hydrogens (primary N) is 1. The molecule has 19 heavy (non-hydrogen) atoms. The first-order valence-electron chi connectivity index (χ1n) is 6.69. The van der Waals surface area contributed by atoms with Crippen molar-refractivity contribution in [2.75, 3.05) is 25.0 Å². The van der Waals surface area contributed by atoms with Crippen LogP contribution in [0.1, 0.15) is 25.3 Å². The van der Waals surface area contributed by atoms with Gasteiger partial charge in [-0.1, -0.05) is 36.8 Å². The summed E-state index contributed by atoms with van der Waals surface area (Å²) in [5, 5.41) is 3.99. The Kier molecular flexibility index (Phi) is 5.02. The maximum atomic E-state index is 6.14. The summed E-state index contributed by atoms with van der Waals surface area (Å²) in [6, 6.07) is 6.48. The summed E-state index contributed by atoms with van der Waals surface area (Å²) < 4.78 is 0. The van der Waals surface area contributed by atoms with E-state index in [1.807, 2.05) is 18.2 Å². The highest BCUT2D eigenvalue weighted by atomic mass is 35.5. The van der Waals surface area contributed by atoms with Gasteiger partial charge in [-0.15, -0.1) is 0 Å². The fourth-order valence-electron chi connectivity index (χ4n) is 2.29. The molecule has 0 aliphatic heterocycles. The number of anilines is 1. The van der Waals surface area contributed by atoms with Crippen molar-refractivity contribution >= 4 is 34.5 Å². The lowest BCUT2D eigenvalue weighted by atomic mass is 10.1. The Morgan fingerprint density at radius 1 is 1.53 bits per heavy atom. The molecule has 3 nitrogen and oxygen atoms in total. The first-order chi connectivity index (χ1) is 9.13. The monoisotopic (exact) mass is 297 g/mol. The van der Waals surface area contributed by atoms with Crippen LogP contribution in [0.25, 0.3) is 0 Å². The van der Waals surface area contributed by atoms with E-state index < -0.39 is 0 Å². The van der Waals surface area contributed by atoms with E-state index in [2.05, 4.69) is 17.1 Å². The second kappa shape index (κ2) is 6.55. The summed E-state index contributed by atoms with van der Waals surface area (Å²) in [6.07, 6.45) is 2.67. The predicted molar refractivity (Wildman–Crippen MR) is 86.1 cm³/mol. The first kappa shape index (κ1) is 14.6. The van der Waals surface area contributed by atoms with Crippen molar-refractivity contribution < 1.29 is 0 Å². The molecule has 1 aromatic carbocycles. The minimum atomic E-state index is 0.336. The minimum Gasteiger partial charge on any atom is -0.389 e. The Bertz CT molecular complexity index is 460. The highest BCUT2D eigenvalue weighted by Crippen LogP contribution is 2.27. The lowest BCUT2D eigenvalue weighted by Crippen LogP contribution is -2.31. The van der Waals surface area contributed by atoms with Crippen LogP contribution >= 0.6 is 23.8 Å². The maximum Gasteiger partial charge on any atom is 0.107 e. The van der Waals surface area contributed by atoms with Crippen LogP contribution in [0.3, 0.4) is 0 Å². The number of hydrogen-bond acceptors (Lipinski definition) is 3. The molecule has 0 bridgehead atoms. The van der Waals surface area contributed by atoms with Gasteiger partial charge in [0.25, 0.3) is 0 Å². The van der Waals surface area contributed by atoms with Gasteiger partial charge in [0.2, 0.25) is 0 Å². The summed E-state index contributed by atoms with van der Waals surface area (Å²) in [4.78, 5) is 2.83. The fourth-order valence-corrected chi connectivity index (χ4v) is 2.85. The maximum absolute atomic E-state index is 6.14. The minimum absolute atomic E-state index is 0.336. The van der Waals surface area contributed by atoms with E-state index in [-0.39, 0.29) is 0 Å². The van der Waals surface area contributed by atoms with Crippen molar-refractivity contribution in [2.24, 2.45) is 5.73 Å². The van der Waals surface area contributed by atoms with Crippen molar-refractivity contribution in [3.05, 3.63) is 28.8 Å². The van der Waals surface area contributed by atoms with Gasteiger partial charge in [-0.25, -0.2) is 0 Å². The average molecular weight is 298 g/mol. The molecule has 2 rings (SSSR count). The summed E-state index contributed by atoms with van der Waals surface area (Å²) in [5.41, 5.74) is 7.40. The molecule has 1 aliphatic rings. The Balaban J connectivity index is 1.95. The summed E-state index contributed by atoms with van der Waals surface area (Å²) in [6.45, 7) is 5.22. The van der Waals surface area contributed by atoms with E-state index in [9.17, 15) is 0 Å². The molecule has 0 spiro atoms. The zero-order valence-corrected chi connectivity index (χ0v) is 12.7. The smallest absolute Gasteiger partial charge is 0.107 e. The van der Waals surface area contributed by atoms with Crippen molar-refractivity contribution in [1.82, 2.24) is 4.90 Å². The lowest BCUT2D eigenvalue weighted by molar-refractivity contribution is 0.289. The summed E-state index contributed by atoms with van der Waals surface area (Å²) >= 11 is 11.2. The predicted octanol–water partition coefficient (Wildman–Crippen LogP) is 2.87. The number of rotatable bonds is 7. The lowest BCUT2D eigenvalue weighted by Gasteiger charge is -2.21. The van der Waals surface area contributed by atoms with Gasteiger partial charge >= 0.3 is 0 Å². The number of hydrogen-bond donors (Lipinski definition) is 2. The van der Waals surface area contributed by atoms with Crippen molar-refractivity contribution in [1.29, 1.82) is 0 Å². The third-order valence-corrected chi connectivity index (χ3v) is 3.96. The van der Waals surface area contributed by atoms with E-state index >= 15 is 0 Å². The van der Waals surface area contributed by atoms with E-state index in [0.717, 1.165) is 36.9 Å². The number of benzene rings is 1. The molecular formula is C14H20ClN3S. The number of halogens is 1. The molecule has 1 aromatic rings. The highest BCUT2D eigenvalue weighted by molar-refractivity contribution is 7.80. The Labute approximate surface area is 125 Å². The van der Waals surface area contributed by atoms with Gasteiger partial charge in [-0.05, 0) is 31.5 Å². The molecule has 0 saturated heterocycles. The topological polar surface area (TPSA) is 41.3 Å². The van der Waals surface area contributed by atoms with Gasteiger partial charge in [0.15, 0.2) is 0 Å². The third-order valence-electron chi connectivity index (χ3n) is 3.44. The van der Waals surface area contributed by atoms with Crippen LogP contribution in [0.2, 0.25) is 5.02 Å². The van der Waals surface area contributed by atoms with E-state index in [1.165, 1.54) is 12.8 Å². The number of nitrogens with one attached hydrogen (secondary N) is 1. The molecule has 0 atom stereocenters. The molecule has 3 N–H and O–H groups in total. The molecule has 0 amide bonds. The molecule has 104 valence electrons. The summed E-state index contributed by atoms with van der Waals surface area (Å²) in [5.74, 6) is 0. The van der Waals surface area contributed by atoms with Gasteiger partial charge in [0.1, 0.15) is 4.99 Å². The second-order valence-electron chi connectivity index (χ2n) is 4.81. The first-order valence-corrected chi connectivity index (χ1v) is 7.48. The molecule has 0 heterocycles. The molecule has 1 fully saturated rings. The van der Waals surface area contributed by atoms with Crippen LogP contribution in [-0.4, -0.2) is 35.6 Å². The van der Waals surface area contributed by atoms with E-state index in [1.54, 1.807) is 0 Å². The molecule has 0 unspecified atom stereocenters. The van der Waals surface area contributed by atoms with Crippen molar-refractivity contribution in [2.45, 2.75) is 25.8 Å². The Hall–Kier alpha value is -0.840. The molecule has 1 saturated carbocycles.